The predicted molar refractivity (Wildman–Crippen MR) is 87.6 cm³/mol. The summed E-state index contributed by atoms with van der Waals surface area (Å²) in [4.78, 5) is 21.2. The molecule has 1 saturated heterocycles. The number of nitrogens with one attached hydrogen (secondary N) is 1. The van der Waals surface area contributed by atoms with Crippen LogP contribution in [0.15, 0.2) is 24.4 Å². The number of nitrogens with zero attached hydrogens (tertiary/aromatic N) is 2. The zero-order chi connectivity index (χ0) is 16.4. The second kappa shape index (κ2) is 6.39. The van der Waals surface area contributed by atoms with Gasteiger partial charge in [0.2, 0.25) is 0 Å². The smallest absolute Gasteiger partial charge is 0.260 e. The Hall–Kier alpha value is -1.76. The Labute approximate surface area is 139 Å². The number of hydrogen-bond acceptors (Lipinski definition) is 5. The molecule has 3 rings (SSSR count). The van der Waals surface area contributed by atoms with E-state index in [9.17, 15) is 4.79 Å². The third-order valence-electron chi connectivity index (χ3n) is 3.61. The molecule has 7 heteroatoms. The lowest BCUT2D eigenvalue weighted by Gasteiger charge is -2.28. The molecule has 1 amide bonds. The van der Waals surface area contributed by atoms with Gasteiger partial charge in [-0.3, -0.25) is 4.79 Å². The first kappa shape index (κ1) is 16.1. The molecular weight excluding hydrogens is 318 g/mol. The van der Waals surface area contributed by atoms with Gasteiger partial charge < -0.3 is 14.8 Å². The fraction of sp³-hybridized carbons (Fsp3) is 0.438. The lowest BCUT2D eigenvalue weighted by Crippen LogP contribution is -2.47. The first-order chi connectivity index (χ1) is 11.0. The van der Waals surface area contributed by atoms with Crippen LogP contribution in [0.5, 0.6) is 0 Å². The normalized spacial score (nSPS) is 21.0. The van der Waals surface area contributed by atoms with Crippen molar-refractivity contribution in [3.8, 4) is 0 Å². The SMILES string of the molecule is CC(C)OC1(C(=O)Nc2ccc3cc(Cl)cnc3n2)CCOC1. The molecule has 1 aliphatic rings. The second-order valence-corrected chi connectivity index (χ2v) is 6.25. The van der Waals surface area contributed by atoms with Crippen molar-refractivity contribution in [1.82, 2.24) is 9.97 Å². The molecule has 2 aromatic heterocycles. The third kappa shape index (κ3) is 3.44. The Morgan fingerprint density at radius 3 is 3.00 bits per heavy atom. The predicted octanol–water partition coefficient (Wildman–Crippen LogP) is 2.81. The van der Waals surface area contributed by atoms with Crippen molar-refractivity contribution in [1.29, 1.82) is 0 Å². The van der Waals surface area contributed by atoms with Gasteiger partial charge in [-0.2, -0.15) is 0 Å². The third-order valence-corrected chi connectivity index (χ3v) is 3.82. The molecule has 1 aliphatic heterocycles. The molecule has 0 spiro atoms. The average molecular weight is 336 g/mol. The topological polar surface area (TPSA) is 73.3 Å². The number of pyridine rings is 2. The van der Waals surface area contributed by atoms with Crippen LogP contribution in [0, 0.1) is 0 Å². The Kier molecular flexibility index (Phi) is 4.48. The minimum Gasteiger partial charge on any atom is -0.378 e. The quantitative estimate of drug-likeness (QED) is 0.930. The van der Waals surface area contributed by atoms with Gasteiger partial charge in [-0.15, -0.1) is 0 Å². The highest BCUT2D eigenvalue weighted by Gasteiger charge is 2.44. The summed E-state index contributed by atoms with van der Waals surface area (Å²) >= 11 is 5.91. The summed E-state index contributed by atoms with van der Waals surface area (Å²) in [6.45, 7) is 4.55. The molecule has 0 bridgehead atoms. The van der Waals surface area contributed by atoms with Crippen molar-refractivity contribution >= 4 is 34.4 Å². The minimum absolute atomic E-state index is 0.0733. The molecule has 2 aromatic rings. The first-order valence-electron chi connectivity index (χ1n) is 7.48. The lowest BCUT2D eigenvalue weighted by molar-refractivity contribution is -0.147. The Balaban J connectivity index is 1.82. The van der Waals surface area contributed by atoms with Crippen LogP contribution in [0.4, 0.5) is 5.82 Å². The van der Waals surface area contributed by atoms with E-state index in [2.05, 4.69) is 15.3 Å². The minimum atomic E-state index is -0.960. The van der Waals surface area contributed by atoms with Gasteiger partial charge in [0, 0.05) is 18.0 Å². The summed E-state index contributed by atoms with van der Waals surface area (Å²) in [6, 6.07) is 5.31. The number of halogens is 1. The van der Waals surface area contributed by atoms with E-state index in [1.165, 1.54) is 6.20 Å². The highest BCUT2D eigenvalue weighted by atomic mass is 35.5. The van der Waals surface area contributed by atoms with Gasteiger partial charge in [0.15, 0.2) is 11.2 Å². The number of rotatable bonds is 4. The Bertz CT molecular complexity index is 730. The monoisotopic (exact) mass is 335 g/mol. The van der Waals surface area contributed by atoms with Crippen molar-refractivity contribution in [2.24, 2.45) is 0 Å². The summed E-state index contributed by atoms with van der Waals surface area (Å²) in [6.07, 6.45) is 1.98. The van der Waals surface area contributed by atoms with Crippen LogP contribution >= 0.6 is 11.6 Å². The first-order valence-corrected chi connectivity index (χ1v) is 7.86. The molecule has 1 N–H and O–H groups in total. The summed E-state index contributed by atoms with van der Waals surface area (Å²) in [7, 11) is 0. The maximum absolute atomic E-state index is 12.7. The summed E-state index contributed by atoms with van der Waals surface area (Å²) < 4.78 is 11.2. The maximum atomic E-state index is 12.7. The van der Waals surface area contributed by atoms with Crippen LogP contribution in [-0.4, -0.2) is 40.8 Å². The average Bonchev–Trinajstić information content (AvgIpc) is 2.96. The Morgan fingerprint density at radius 1 is 1.48 bits per heavy atom. The van der Waals surface area contributed by atoms with Crippen LogP contribution in [0.25, 0.3) is 11.0 Å². The van der Waals surface area contributed by atoms with E-state index in [4.69, 9.17) is 21.1 Å². The number of carbonyl (C=O) groups is 1. The second-order valence-electron chi connectivity index (χ2n) is 5.81. The van der Waals surface area contributed by atoms with E-state index in [0.717, 1.165) is 5.39 Å². The van der Waals surface area contributed by atoms with Crippen LogP contribution in [-0.2, 0) is 14.3 Å². The van der Waals surface area contributed by atoms with E-state index >= 15 is 0 Å². The van der Waals surface area contributed by atoms with Gasteiger partial charge in [-0.1, -0.05) is 11.6 Å². The molecule has 122 valence electrons. The Morgan fingerprint density at radius 2 is 2.30 bits per heavy atom. The van der Waals surface area contributed by atoms with Crippen molar-refractivity contribution in [3.05, 3.63) is 29.4 Å². The molecule has 0 aromatic carbocycles. The fourth-order valence-electron chi connectivity index (χ4n) is 2.61. The van der Waals surface area contributed by atoms with Crippen molar-refractivity contribution in [2.45, 2.75) is 32.0 Å². The van der Waals surface area contributed by atoms with Gasteiger partial charge in [0.05, 0.1) is 24.3 Å². The van der Waals surface area contributed by atoms with Gasteiger partial charge in [0.1, 0.15) is 5.82 Å². The standard InChI is InChI=1S/C16H18ClN3O3/c1-10(2)23-16(5-6-22-9-16)15(21)20-13-4-3-11-7-12(17)8-18-14(11)19-13/h3-4,7-8,10H,5-6,9H2,1-2H3,(H,18,19,20,21). The maximum Gasteiger partial charge on any atom is 0.260 e. The molecule has 0 saturated carbocycles. The molecule has 1 atom stereocenters. The van der Waals surface area contributed by atoms with Gasteiger partial charge >= 0.3 is 0 Å². The molecule has 6 nitrogen and oxygen atoms in total. The van der Waals surface area contributed by atoms with Crippen LogP contribution in [0.3, 0.4) is 0 Å². The van der Waals surface area contributed by atoms with E-state index < -0.39 is 5.60 Å². The molecule has 1 unspecified atom stereocenters. The van der Waals surface area contributed by atoms with Crippen molar-refractivity contribution in [2.75, 3.05) is 18.5 Å². The molecular formula is C16H18ClN3O3. The van der Waals surface area contributed by atoms with E-state index in [-0.39, 0.29) is 18.6 Å². The number of hydrogen-bond donors (Lipinski definition) is 1. The van der Waals surface area contributed by atoms with E-state index in [0.29, 0.717) is 29.5 Å². The highest BCUT2D eigenvalue weighted by Crippen LogP contribution is 2.27. The molecule has 3 heterocycles. The molecule has 0 radical (unpaired) electrons. The number of amides is 1. The fourth-order valence-corrected chi connectivity index (χ4v) is 2.77. The summed E-state index contributed by atoms with van der Waals surface area (Å²) in [5.74, 6) is 0.181. The van der Waals surface area contributed by atoms with Crippen LogP contribution < -0.4 is 5.32 Å². The number of fused-ring (bicyclic) bond motifs is 1. The summed E-state index contributed by atoms with van der Waals surface area (Å²) in [5.41, 5.74) is -0.438. The molecule has 0 aliphatic carbocycles. The molecule has 23 heavy (non-hydrogen) atoms. The highest BCUT2D eigenvalue weighted by molar-refractivity contribution is 6.31. The number of anilines is 1. The van der Waals surface area contributed by atoms with Crippen LogP contribution in [0.2, 0.25) is 5.02 Å². The van der Waals surface area contributed by atoms with Gasteiger partial charge in [-0.05, 0) is 32.0 Å². The summed E-state index contributed by atoms with van der Waals surface area (Å²) in [5, 5.41) is 4.17. The lowest BCUT2D eigenvalue weighted by atomic mass is 10.0. The van der Waals surface area contributed by atoms with Crippen LogP contribution in [0.1, 0.15) is 20.3 Å². The van der Waals surface area contributed by atoms with Gasteiger partial charge in [-0.25, -0.2) is 9.97 Å². The number of aromatic nitrogens is 2. The van der Waals surface area contributed by atoms with Crippen molar-refractivity contribution in [3.63, 3.8) is 0 Å². The zero-order valence-corrected chi connectivity index (χ0v) is 13.8. The van der Waals surface area contributed by atoms with E-state index in [1.807, 2.05) is 19.9 Å². The largest absolute Gasteiger partial charge is 0.378 e. The number of carbonyl (C=O) groups excluding carboxylic acids is 1. The molecule has 1 fully saturated rings. The van der Waals surface area contributed by atoms with Crippen molar-refractivity contribution < 1.29 is 14.3 Å². The number of ether oxygens (including phenoxy) is 2. The van der Waals surface area contributed by atoms with Gasteiger partial charge in [0.25, 0.3) is 5.91 Å². The van der Waals surface area contributed by atoms with E-state index in [1.54, 1.807) is 12.1 Å². The zero-order valence-electron chi connectivity index (χ0n) is 13.0.